The van der Waals surface area contributed by atoms with Gasteiger partial charge in [-0.25, -0.2) is 0 Å². The van der Waals surface area contributed by atoms with Crippen LogP contribution < -0.4 is 21.5 Å². The van der Waals surface area contributed by atoms with Gasteiger partial charge in [0.05, 0.1) is 11.9 Å². The second-order valence-electron chi connectivity index (χ2n) is 3.78. The molecule has 0 aromatic carbocycles. The SMILES string of the molecule is CNC(=S)N/N=C\C(Cc1cccnc1)=N\NC(=S)NC. The van der Waals surface area contributed by atoms with Gasteiger partial charge in [-0.3, -0.25) is 15.8 Å². The van der Waals surface area contributed by atoms with Crippen LogP contribution in [0.4, 0.5) is 0 Å². The molecule has 0 aliphatic heterocycles. The number of hydrogen-bond donors (Lipinski definition) is 4. The lowest BCUT2D eigenvalue weighted by molar-refractivity contribution is 0.965. The highest BCUT2D eigenvalue weighted by Crippen LogP contribution is 1.98. The lowest BCUT2D eigenvalue weighted by Gasteiger charge is -2.05. The summed E-state index contributed by atoms with van der Waals surface area (Å²) in [6.07, 6.45) is 5.62. The van der Waals surface area contributed by atoms with E-state index >= 15 is 0 Å². The van der Waals surface area contributed by atoms with Crippen molar-refractivity contribution < 1.29 is 0 Å². The fourth-order valence-electron chi connectivity index (χ4n) is 1.23. The van der Waals surface area contributed by atoms with Gasteiger partial charge in [-0.05, 0) is 36.1 Å². The van der Waals surface area contributed by atoms with E-state index in [9.17, 15) is 0 Å². The zero-order chi connectivity index (χ0) is 15.5. The van der Waals surface area contributed by atoms with Crippen molar-refractivity contribution in [3.8, 4) is 0 Å². The molecule has 4 N–H and O–H groups in total. The fourth-order valence-corrected chi connectivity index (χ4v) is 1.32. The predicted octanol–water partition coefficient (Wildman–Crippen LogP) is 0.154. The van der Waals surface area contributed by atoms with E-state index in [4.69, 9.17) is 24.4 Å². The molecule has 1 aromatic heterocycles. The monoisotopic (exact) mass is 323 g/mol. The molecule has 112 valence electrons. The largest absolute Gasteiger partial charge is 0.364 e. The Labute approximate surface area is 134 Å². The first-order valence-corrected chi connectivity index (χ1v) is 6.91. The summed E-state index contributed by atoms with van der Waals surface area (Å²) in [4.78, 5) is 4.07. The van der Waals surface area contributed by atoms with Crippen molar-refractivity contribution >= 4 is 46.6 Å². The number of hydrogen-bond acceptors (Lipinski definition) is 5. The Balaban J connectivity index is 2.74. The fraction of sp³-hybridized carbons (Fsp3) is 0.250. The molecule has 0 fully saturated rings. The molecule has 0 spiro atoms. The summed E-state index contributed by atoms with van der Waals surface area (Å²) in [7, 11) is 3.43. The molecule has 0 amide bonds. The zero-order valence-electron chi connectivity index (χ0n) is 11.8. The van der Waals surface area contributed by atoms with E-state index < -0.39 is 0 Å². The molecule has 0 unspecified atom stereocenters. The molecule has 21 heavy (non-hydrogen) atoms. The smallest absolute Gasteiger partial charge is 0.186 e. The van der Waals surface area contributed by atoms with Crippen LogP contribution in [0.5, 0.6) is 0 Å². The molecule has 0 radical (unpaired) electrons. The van der Waals surface area contributed by atoms with Gasteiger partial charge >= 0.3 is 0 Å². The van der Waals surface area contributed by atoms with Gasteiger partial charge in [-0.15, -0.1) is 0 Å². The standard InChI is InChI=1S/C12H17N7S2/c1-13-11(20)18-16-8-10(17-19-12(21)14-2)6-9-4-3-5-15-7-9/h3-5,7-8H,6H2,1-2H3,(H2,13,18,20)(H2,14,19,21)/b16-8-,17-10+. The van der Waals surface area contributed by atoms with E-state index in [0.29, 0.717) is 22.4 Å². The van der Waals surface area contributed by atoms with Crippen LogP contribution in [0, 0.1) is 0 Å². The quantitative estimate of drug-likeness (QED) is 0.349. The molecule has 1 aromatic rings. The number of rotatable bonds is 5. The Morgan fingerprint density at radius 1 is 1.24 bits per heavy atom. The Morgan fingerprint density at radius 2 is 1.95 bits per heavy atom. The van der Waals surface area contributed by atoms with Gasteiger partial charge in [0.1, 0.15) is 0 Å². The third kappa shape index (κ3) is 7.28. The molecule has 1 rings (SSSR count). The van der Waals surface area contributed by atoms with E-state index in [-0.39, 0.29) is 0 Å². The Morgan fingerprint density at radius 3 is 2.57 bits per heavy atom. The summed E-state index contributed by atoms with van der Waals surface area (Å²) in [5.74, 6) is 0. The van der Waals surface area contributed by atoms with Crippen molar-refractivity contribution in [3.05, 3.63) is 30.1 Å². The molecule has 9 heteroatoms. The van der Waals surface area contributed by atoms with Crippen LogP contribution in [0.25, 0.3) is 0 Å². The maximum atomic E-state index is 4.98. The predicted molar refractivity (Wildman–Crippen MR) is 93.5 cm³/mol. The lowest BCUT2D eigenvalue weighted by Crippen LogP contribution is -2.31. The van der Waals surface area contributed by atoms with Gasteiger partial charge in [0.25, 0.3) is 0 Å². The van der Waals surface area contributed by atoms with Crippen molar-refractivity contribution in [1.29, 1.82) is 0 Å². The summed E-state index contributed by atoms with van der Waals surface area (Å²) >= 11 is 9.91. The van der Waals surface area contributed by atoms with Crippen LogP contribution in [0.2, 0.25) is 0 Å². The van der Waals surface area contributed by atoms with Crippen molar-refractivity contribution in [2.75, 3.05) is 14.1 Å². The molecule has 7 nitrogen and oxygen atoms in total. The van der Waals surface area contributed by atoms with Gasteiger partial charge in [0.2, 0.25) is 0 Å². The van der Waals surface area contributed by atoms with Crippen LogP contribution in [0.15, 0.2) is 34.7 Å². The van der Waals surface area contributed by atoms with Gasteiger partial charge in [0, 0.05) is 32.9 Å². The lowest BCUT2D eigenvalue weighted by atomic mass is 10.1. The van der Waals surface area contributed by atoms with Crippen LogP contribution >= 0.6 is 24.4 Å². The third-order valence-electron chi connectivity index (χ3n) is 2.24. The first-order valence-electron chi connectivity index (χ1n) is 6.09. The second kappa shape index (κ2) is 9.72. The number of aromatic nitrogens is 1. The molecular weight excluding hydrogens is 306 g/mol. The van der Waals surface area contributed by atoms with Gasteiger partial charge < -0.3 is 10.6 Å². The van der Waals surface area contributed by atoms with E-state index in [0.717, 1.165) is 5.56 Å². The summed E-state index contributed by atoms with van der Waals surface area (Å²) in [6, 6.07) is 3.82. The van der Waals surface area contributed by atoms with Crippen LogP contribution in [0.1, 0.15) is 5.56 Å². The molecule has 0 aliphatic rings. The maximum Gasteiger partial charge on any atom is 0.186 e. The minimum absolute atomic E-state index is 0.422. The Bertz CT molecular complexity index is 528. The first-order chi connectivity index (χ1) is 10.2. The first kappa shape index (κ1) is 16.9. The normalized spacial score (nSPS) is 11.0. The van der Waals surface area contributed by atoms with Gasteiger partial charge in [-0.2, -0.15) is 10.2 Å². The minimum Gasteiger partial charge on any atom is -0.364 e. The Kier molecular flexibility index (Phi) is 7.84. The van der Waals surface area contributed by atoms with Gasteiger partial charge in [0.15, 0.2) is 10.2 Å². The molecule has 0 atom stereocenters. The van der Waals surface area contributed by atoms with E-state index in [1.54, 1.807) is 32.7 Å². The Hall–Kier alpha value is -2.13. The highest BCUT2D eigenvalue weighted by molar-refractivity contribution is 7.80. The number of thiocarbonyl (C=S) groups is 2. The highest BCUT2D eigenvalue weighted by Gasteiger charge is 2.00. The van der Waals surface area contributed by atoms with E-state index in [1.165, 1.54) is 0 Å². The van der Waals surface area contributed by atoms with E-state index in [1.807, 2.05) is 12.1 Å². The van der Waals surface area contributed by atoms with Crippen molar-refractivity contribution in [1.82, 2.24) is 26.5 Å². The molecular formula is C12H17N7S2. The van der Waals surface area contributed by atoms with Crippen LogP contribution in [-0.4, -0.2) is 41.2 Å². The number of nitrogens with one attached hydrogen (secondary N) is 4. The number of pyridine rings is 1. The highest BCUT2D eigenvalue weighted by atomic mass is 32.1. The average Bonchev–Trinajstić information content (AvgIpc) is 2.52. The summed E-state index contributed by atoms with van der Waals surface area (Å²) < 4.78 is 0. The van der Waals surface area contributed by atoms with Crippen LogP contribution in [-0.2, 0) is 6.42 Å². The summed E-state index contributed by atoms with van der Waals surface area (Å²) in [5.41, 5.74) is 7.08. The molecule has 0 bridgehead atoms. The molecule has 0 saturated carbocycles. The van der Waals surface area contributed by atoms with Crippen LogP contribution in [0.3, 0.4) is 0 Å². The number of nitrogens with zero attached hydrogens (tertiary/aromatic N) is 3. The minimum atomic E-state index is 0.422. The van der Waals surface area contributed by atoms with Crippen molar-refractivity contribution in [2.24, 2.45) is 10.2 Å². The average molecular weight is 323 g/mol. The molecule has 1 heterocycles. The third-order valence-corrected chi connectivity index (χ3v) is 2.83. The second-order valence-corrected chi connectivity index (χ2v) is 4.60. The van der Waals surface area contributed by atoms with Crippen molar-refractivity contribution in [2.45, 2.75) is 6.42 Å². The van der Waals surface area contributed by atoms with Crippen molar-refractivity contribution in [3.63, 3.8) is 0 Å². The summed E-state index contributed by atoms with van der Waals surface area (Å²) in [6.45, 7) is 0. The molecule has 0 saturated heterocycles. The topological polar surface area (TPSA) is 85.7 Å². The van der Waals surface area contributed by atoms with E-state index in [2.05, 4.69) is 36.7 Å². The summed E-state index contributed by atoms with van der Waals surface area (Å²) in [5, 5.41) is 14.6. The zero-order valence-corrected chi connectivity index (χ0v) is 13.4. The number of hydrazone groups is 2. The van der Waals surface area contributed by atoms with Gasteiger partial charge in [-0.1, -0.05) is 6.07 Å². The molecule has 0 aliphatic carbocycles. The maximum absolute atomic E-state index is 4.98.